The minimum Gasteiger partial charge on any atom is -0.492 e. The SMILES string of the molecule is CCOc1ccccc1NC(=O)C(OC(=O)CNC(=O)c1cc(C)cc(C)c1)c1ccccc1. The number of anilines is 1. The monoisotopic (exact) mass is 460 g/mol. The van der Waals surface area contributed by atoms with Crippen LogP contribution in [0, 0.1) is 13.8 Å². The van der Waals surface area contributed by atoms with Gasteiger partial charge in [0.15, 0.2) is 0 Å². The molecule has 2 N–H and O–H groups in total. The van der Waals surface area contributed by atoms with Gasteiger partial charge in [-0.05, 0) is 45.0 Å². The molecule has 0 radical (unpaired) electrons. The van der Waals surface area contributed by atoms with Gasteiger partial charge in [0.05, 0.1) is 12.3 Å². The molecule has 0 aromatic heterocycles. The topological polar surface area (TPSA) is 93.7 Å². The Labute approximate surface area is 199 Å². The summed E-state index contributed by atoms with van der Waals surface area (Å²) in [6.07, 6.45) is -1.21. The van der Waals surface area contributed by atoms with Crippen LogP contribution in [0.3, 0.4) is 0 Å². The van der Waals surface area contributed by atoms with E-state index in [9.17, 15) is 14.4 Å². The highest BCUT2D eigenvalue weighted by molar-refractivity contribution is 5.98. The molecule has 7 nitrogen and oxygen atoms in total. The predicted octanol–water partition coefficient (Wildman–Crippen LogP) is 4.36. The molecule has 176 valence electrons. The fourth-order valence-electron chi connectivity index (χ4n) is 3.48. The minimum atomic E-state index is -1.21. The second kappa shape index (κ2) is 11.7. The van der Waals surface area contributed by atoms with E-state index in [0.29, 0.717) is 29.2 Å². The van der Waals surface area contributed by atoms with Gasteiger partial charge in [0.2, 0.25) is 6.10 Å². The van der Waals surface area contributed by atoms with Gasteiger partial charge < -0.3 is 20.1 Å². The summed E-state index contributed by atoms with van der Waals surface area (Å²) < 4.78 is 11.1. The van der Waals surface area contributed by atoms with Crippen LogP contribution in [-0.2, 0) is 14.3 Å². The molecule has 34 heavy (non-hydrogen) atoms. The van der Waals surface area contributed by atoms with E-state index in [0.717, 1.165) is 11.1 Å². The van der Waals surface area contributed by atoms with Gasteiger partial charge in [-0.2, -0.15) is 0 Å². The number of hydrogen-bond donors (Lipinski definition) is 2. The van der Waals surface area contributed by atoms with Gasteiger partial charge in [-0.25, -0.2) is 0 Å². The summed E-state index contributed by atoms with van der Waals surface area (Å²) in [5.41, 5.74) is 3.31. The van der Waals surface area contributed by atoms with Crippen LogP contribution in [0.1, 0.15) is 40.1 Å². The van der Waals surface area contributed by atoms with E-state index >= 15 is 0 Å². The van der Waals surface area contributed by atoms with Gasteiger partial charge in [-0.1, -0.05) is 59.7 Å². The Balaban J connectivity index is 1.71. The van der Waals surface area contributed by atoms with E-state index in [-0.39, 0.29) is 6.54 Å². The van der Waals surface area contributed by atoms with Crippen LogP contribution in [0.5, 0.6) is 5.75 Å². The zero-order chi connectivity index (χ0) is 24.5. The maximum absolute atomic E-state index is 13.1. The Morgan fingerprint density at radius 1 is 0.882 bits per heavy atom. The van der Waals surface area contributed by atoms with Crippen molar-refractivity contribution in [3.63, 3.8) is 0 Å². The molecule has 7 heteroatoms. The molecule has 3 aromatic rings. The molecule has 3 rings (SSSR count). The molecular formula is C27H28N2O5. The lowest BCUT2D eigenvalue weighted by Gasteiger charge is -2.19. The summed E-state index contributed by atoms with van der Waals surface area (Å²) >= 11 is 0. The van der Waals surface area contributed by atoms with E-state index in [1.54, 1.807) is 66.7 Å². The molecule has 0 saturated heterocycles. The standard InChI is InChI=1S/C27H28N2O5/c1-4-33-23-13-9-8-12-22(23)29-27(32)25(20-10-6-5-7-11-20)34-24(30)17-28-26(31)21-15-18(2)14-19(3)16-21/h5-16,25H,4,17H2,1-3H3,(H,28,31)(H,29,32). The number of benzene rings is 3. The van der Waals surface area contributed by atoms with Crippen LogP contribution < -0.4 is 15.4 Å². The number of para-hydroxylation sites is 2. The lowest BCUT2D eigenvalue weighted by atomic mass is 10.1. The van der Waals surface area contributed by atoms with Crippen LogP contribution in [0.4, 0.5) is 5.69 Å². The number of aryl methyl sites for hydroxylation is 2. The van der Waals surface area contributed by atoms with Crippen molar-refractivity contribution in [2.24, 2.45) is 0 Å². The molecule has 0 fully saturated rings. The molecule has 0 aliphatic carbocycles. The second-order valence-corrected chi connectivity index (χ2v) is 7.76. The van der Waals surface area contributed by atoms with Gasteiger partial charge in [0.25, 0.3) is 11.8 Å². The highest BCUT2D eigenvalue weighted by atomic mass is 16.5. The smallest absolute Gasteiger partial charge is 0.326 e. The summed E-state index contributed by atoms with van der Waals surface area (Å²) in [4.78, 5) is 38.2. The number of esters is 1. The Hall–Kier alpha value is -4.13. The van der Waals surface area contributed by atoms with Crippen molar-refractivity contribution in [1.82, 2.24) is 5.32 Å². The van der Waals surface area contributed by atoms with Crippen LogP contribution in [0.15, 0.2) is 72.8 Å². The quantitative estimate of drug-likeness (QED) is 0.463. The zero-order valence-corrected chi connectivity index (χ0v) is 19.5. The third kappa shape index (κ3) is 6.68. The van der Waals surface area contributed by atoms with Gasteiger partial charge in [0, 0.05) is 11.1 Å². The van der Waals surface area contributed by atoms with Gasteiger partial charge in [-0.3, -0.25) is 14.4 Å². The van der Waals surface area contributed by atoms with Crippen LogP contribution >= 0.6 is 0 Å². The highest BCUT2D eigenvalue weighted by Crippen LogP contribution is 2.26. The normalized spacial score (nSPS) is 11.3. The van der Waals surface area contributed by atoms with Crippen molar-refractivity contribution in [3.8, 4) is 5.75 Å². The van der Waals surface area contributed by atoms with Gasteiger partial charge >= 0.3 is 5.97 Å². The summed E-state index contributed by atoms with van der Waals surface area (Å²) in [5.74, 6) is -1.15. The summed E-state index contributed by atoms with van der Waals surface area (Å²) in [6.45, 7) is 5.69. The zero-order valence-electron chi connectivity index (χ0n) is 19.5. The summed E-state index contributed by atoms with van der Waals surface area (Å²) in [6, 6.07) is 21.1. The third-order valence-corrected chi connectivity index (χ3v) is 4.91. The lowest BCUT2D eigenvalue weighted by molar-refractivity contribution is -0.153. The molecule has 0 aliphatic rings. The number of hydrogen-bond acceptors (Lipinski definition) is 5. The van der Waals surface area contributed by atoms with Crippen molar-refractivity contribution in [2.45, 2.75) is 26.9 Å². The van der Waals surface area contributed by atoms with E-state index < -0.39 is 23.9 Å². The Kier molecular flexibility index (Phi) is 8.40. The Morgan fingerprint density at radius 2 is 1.53 bits per heavy atom. The first-order chi connectivity index (χ1) is 16.4. The van der Waals surface area contributed by atoms with E-state index in [4.69, 9.17) is 9.47 Å². The lowest BCUT2D eigenvalue weighted by Crippen LogP contribution is -2.33. The van der Waals surface area contributed by atoms with E-state index in [1.165, 1.54) is 0 Å². The van der Waals surface area contributed by atoms with Gasteiger partial charge in [0.1, 0.15) is 12.3 Å². The summed E-state index contributed by atoms with van der Waals surface area (Å²) in [5, 5.41) is 5.33. The first kappa shape index (κ1) is 24.5. The van der Waals surface area contributed by atoms with Crippen molar-refractivity contribution in [3.05, 3.63) is 95.1 Å². The third-order valence-electron chi connectivity index (χ3n) is 4.91. The molecule has 0 heterocycles. The van der Waals surface area contributed by atoms with Crippen molar-refractivity contribution in [2.75, 3.05) is 18.5 Å². The summed E-state index contributed by atoms with van der Waals surface area (Å²) in [7, 11) is 0. The number of rotatable bonds is 9. The number of nitrogens with one attached hydrogen (secondary N) is 2. The predicted molar refractivity (Wildman–Crippen MR) is 130 cm³/mol. The first-order valence-electron chi connectivity index (χ1n) is 11.0. The van der Waals surface area contributed by atoms with E-state index in [2.05, 4.69) is 10.6 Å². The molecule has 0 bridgehead atoms. The van der Waals surface area contributed by atoms with Gasteiger partial charge in [-0.15, -0.1) is 0 Å². The largest absolute Gasteiger partial charge is 0.492 e. The molecule has 0 saturated carbocycles. The van der Waals surface area contributed by atoms with Crippen LogP contribution in [0.25, 0.3) is 0 Å². The van der Waals surface area contributed by atoms with Crippen molar-refractivity contribution < 1.29 is 23.9 Å². The Bertz CT molecular complexity index is 1140. The molecule has 0 aliphatic heterocycles. The molecule has 0 spiro atoms. The maximum Gasteiger partial charge on any atom is 0.326 e. The minimum absolute atomic E-state index is 0.377. The number of carbonyl (C=O) groups excluding carboxylic acids is 3. The van der Waals surface area contributed by atoms with Crippen molar-refractivity contribution >= 4 is 23.5 Å². The molecule has 3 aromatic carbocycles. The fraction of sp³-hybridized carbons (Fsp3) is 0.222. The average Bonchev–Trinajstić information content (AvgIpc) is 2.82. The molecule has 1 unspecified atom stereocenters. The fourth-order valence-corrected chi connectivity index (χ4v) is 3.48. The maximum atomic E-state index is 13.1. The molecule has 1 atom stereocenters. The number of ether oxygens (including phenoxy) is 2. The first-order valence-corrected chi connectivity index (χ1v) is 11.0. The van der Waals surface area contributed by atoms with Crippen LogP contribution in [-0.4, -0.2) is 30.9 Å². The highest BCUT2D eigenvalue weighted by Gasteiger charge is 2.26. The van der Waals surface area contributed by atoms with E-state index in [1.807, 2.05) is 26.8 Å². The number of amides is 2. The average molecular weight is 461 g/mol. The second-order valence-electron chi connectivity index (χ2n) is 7.76. The number of carbonyl (C=O) groups is 3. The molecular weight excluding hydrogens is 432 g/mol. The molecule has 2 amide bonds. The Morgan fingerprint density at radius 3 is 2.21 bits per heavy atom. The van der Waals surface area contributed by atoms with Crippen LogP contribution in [0.2, 0.25) is 0 Å². The van der Waals surface area contributed by atoms with Crippen molar-refractivity contribution in [1.29, 1.82) is 0 Å².